The summed E-state index contributed by atoms with van der Waals surface area (Å²) in [6.45, 7) is 6.87. The van der Waals surface area contributed by atoms with Crippen molar-refractivity contribution in [2.24, 2.45) is 11.3 Å². The van der Waals surface area contributed by atoms with E-state index in [9.17, 15) is 0 Å². The summed E-state index contributed by atoms with van der Waals surface area (Å²) in [6, 6.07) is 3.86. The highest BCUT2D eigenvalue weighted by molar-refractivity contribution is 6.41. The maximum absolute atomic E-state index is 6.20. The molecule has 0 amide bonds. The van der Waals surface area contributed by atoms with Crippen LogP contribution in [0.15, 0.2) is 12.1 Å². The predicted molar refractivity (Wildman–Crippen MR) is 81.1 cm³/mol. The molecule has 1 aliphatic carbocycles. The second-order valence-corrected chi connectivity index (χ2v) is 7.30. The molecular formula is C14H18Cl3N. The normalized spacial score (nSPS) is 26.3. The fourth-order valence-corrected chi connectivity index (χ4v) is 3.88. The summed E-state index contributed by atoms with van der Waals surface area (Å²) in [7, 11) is 0. The summed E-state index contributed by atoms with van der Waals surface area (Å²) >= 11 is 18.3. The molecule has 0 spiro atoms. The van der Waals surface area contributed by atoms with Gasteiger partial charge < -0.3 is 5.32 Å². The fourth-order valence-electron chi connectivity index (χ4n) is 2.95. The van der Waals surface area contributed by atoms with Gasteiger partial charge in [-0.1, -0.05) is 55.6 Å². The molecule has 1 saturated carbocycles. The number of benzene rings is 1. The molecule has 1 nitrogen and oxygen atoms in total. The molecule has 0 bridgehead atoms. The van der Waals surface area contributed by atoms with Crippen molar-refractivity contribution in [2.75, 3.05) is 5.32 Å². The smallest absolute Gasteiger partial charge is 0.0722 e. The van der Waals surface area contributed by atoms with Gasteiger partial charge >= 0.3 is 0 Å². The fraction of sp³-hybridized carbons (Fsp3) is 0.571. The number of hydrogen-bond donors (Lipinski definition) is 1. The van der Waals surface area contributed by atoms with Gasteiger partial charge in [-0.3, -0.25) is 0 Å². The number of halogens is 3. The van der Waals surface area contributed by atoms with Gasteiger partial charge in [-0.2, -0.15) is 0 Å². The lowest BCUT2D eigenvalue weighted by Crippen LogP contribution is -2.22. The molecule has 1 fully saturated rings. The molecule has 2 atom stereocenters. The molecule has 1 aliphatic rings. The number of rotatable bonds is 2. The van der Waals surface area contributed by atoms with Crippen LogP contribution in [0, 0.1) is 11.3 Å². The Kier molecular flexibility index (Phi) is 4.06. The van der Waals surface area contributed by atoms with E-state index in [0.29, 0.717) is 32.4 Å². The molecule has 1 aromatic rings. The zero-order valence-corrected chi connectivity index (χ0v) is 13.1. The van der Waals surface area contributed by atoms with Crippen LogP contribution in [-0.2, 0) is 0 Å². The Morgan fingerprint density at radius 2 is 1.67 bits per heavy atom. The highest BCUT2D eigenvalue weighted by Crippen LogP contribution is 2.44. The van der Waals surface area contributed by atoms with E-state index in [1.165, 1.54) is 6.42 Å². The van der Waals surface area contributed by atoms with Gasteiger partial charge in [-0.05, 0) is 36.3 Å². The quantitative estimate of drug-likeness (QED) is 0.719. The first kappa shape index (κ1) is 14.3. The Hall–Kier alpha value is -0.110. The molecule has 0 aliphatic heterocycles. The van der Waals surface area contributed by atoms with Crippen molar-refractivity contribution in [3.63, 3.8) is 0 Å². The van der Waals surface area contributed by atoms with Crippen LogP contribution in [0.2, 0.25) is 15.1 Å². The second-order valence-electron chi connectivity index (χ2n) is 6.05. The van der Waals surface area contributed by atoms with Crippen LogP contribution in [0.3, 0.4) is 0 Å². The minimum absolute atomic E-state index is 0.377. The maximum Gasteiger partial charge on any atom is 0.0722 e. The number of nitrogens with one attached hydrogen (secondary N) is 1. The largest absolute Gasteiger partial charge is 0.380 e. The first-order valence-electron chi connectivity index (χ1n) is 6.19. The van der Waals surface area contributed by atoms with Crippen LogP contribution in [-0.4, -0.2) is 6.04 Å². The van der Waals surface area contributed by atoms with Gasteiger partial charge in [0.25, 0.3) is 0 Å². The Labute approximate surface area is 124 Å². The minimum Gasteiger partial charge on any atom is -0.380 e. The zero-order valence-electron chi connectivity index (χ0n) is 10.9. The standard InChI is InChI=1S/C14H18Cl3N/c1-8-6-14(2,3)7-12(8)18-13-10(16)4-9(15)5-11(13)17/h4-5,8,12,18H,6-7H2,1-3H3. The Bertz CT molecular complexity index is 433. The van der Waals surface area contributed by atoms with E-state index in [-0.39, 0.29) is 0 Å². The first-order chi connectivity index (χ1) is 8.28. The van der Waals surface area contributed by atoms with Gasteiger partial charge in [0, 0.05) is 11.1 Å². The van der Waals surface area contributed by atoms with Crippen LogP contribution >= 0.6 is 34.8 Å². The van der Waals surface area contributed by atoms with Crippen LogP contribution in [0.5, 0.6) is 0 Å². The average molecular weight is 307 g/mol. The molecule has 1 aromatic carbocycles. The summed E-state index contributed by atoms with van der Waals surface area (Å²) in [5, 5.41) is 5.23. The van der Waals surface area contributed by atoms with Crippen molar-refractivity contribution >= 4 is 40.5 Å². The molecule has 2 unspecified atom stereocenters. The molecule has 0 aromatic heterocycles. The molecule has 1 N–H and O–H groups in total. The van der Waals surface area contributed by atoms with Crippen molar-refractivity contribution in [3.05, 3.63) is 27.2 Å². The van der Waals surface area contributed by atoms with Gasteiger partial charge in [0.05, 0.1) is 15.7 Å². The topological polar surface area (TPSA) is 12.0 Å². The third kappa shape index (κ3) is 3.07. The van der Waals surface area contributed by atoms with E-state index in [4.69, 9.17) is 34.8 Å². The van der Waals surface area contributed by atoms with Gasteiger partial charge in [-0.15, -0.1) is 0 Å². The van der Waals surface area contributed by atoms with Gasteiger partial charge in [0.15, 0.2) is 0 Å². The zero-order chi connectivity index (χ0) is 13.5. The van der Waals surface area contributed by atoms with Crippen molar-refractivity contribution in [1.82, 2.24) is 0 Å². The van der Waals surface area contributed by atoms with Crippen LogP contribution in [0.25, 0.3) is 0 Å². The van der Waals surface area contributed by atoms with Gasteiger partial charge in [0.1, 0.15) is 0 Å². The SMILES string of the molecule is CC1CC(C)(C)CC1Nc1c(Cl)cc(Cl)cc1Cl. The van der Waals surface area contributed by atoms with Crippen molar-refractivity contribution < 1.29 is 0 Å². The summed E-state index contributed by atoms with van der Waals surface area (Å²) < 4.78 is 0. The van der Waals surface area contributed by atoms with Crippen molar-refractivity contribution in [1.29, 1.82) is 0 Å². The van der Waals surface area contributed by atoms with Crippen LogP contribution in [0.1, 0.15) is 33.6 Å². The van der Waals surface area contributed by atoms with Gasteiger partial charge in [0.2, 0.25) is 0 Å². The average Bonchev–Trinajstić information content (AvgIpc) is 2.45. The predicted octanol–water partition coefficient (Wildman–Crippen LogP) is 5.88. The third-order valence-electron chi connectivity index (χ3n) is 3.67. The van der Waals surface area contributed by atoms with E-state index >= 15 is 0 Å². The summed E-state index contributed by atoms with van der Waals surface area (Å²) in [5.74, 6) is 0.614. The molecule has 4 heteroatoms. The Morgan fingerprint density at radius 3 is 2.11 bits per heavy atom. The monoisotopic (exact) mass is 305 g/mol. The van der Waals surface area contributed by atoms with E-state index < -0.39 is 0 Å². The molecule has 2 rings (SSSR count). The number of hydrogen-bond acceptors (Lipinski definition) is 1. The summed E-state index contributed by atoms with van der Waals surface area (Å²) in [6.07, 6.45) is 2.34. The molecular weight excluding hydrogens is 289 g/mol. The second kappa shape index (κ2) is 5.11. The van der Waals surface area contributed by atoms with Crippen molar-refractivity contribution in [2.45, 2.75) is 39.7 Å². The minimum atomic E-state index is 0.377. The van der Waals surface area contributed by atoms with Gasteiger partial charge in [-0.25, -0.2) is 0 Å². The first-order valence-corrected chi connectivity index (χ1v) is 7.33. The third-order valence-corrected chi connectivity index (χ3v) is 4.48. The molecule has 0 saturated heterocycles. The molecule has 18 heavy (non-hydrogen) atoms. The Balaban J connectivity index is 2.20. The lowest BCUT2D eigenvalue weighted by Gasteiger charge is -2.21. The molecule has 0 heterocycles. The molecule has 100 valence electrons. The highest BCUT2D eigenvalue weighted by atomic mass is 35.5. The van der Waals surface area contributed by atoms with Crippen LogP contribution < -0.4 is 5.32 Å². The lowest BCUT2D eigenvalue weighted by molar-refractivity contribution is 0.366. The maximum atomic E-state index is 6.20. The van der Waals surface area contributed by atoms with E-state index in [1.807, 2.05) is 0 Å². The van der Waals surface area contributed by atoms with E-state index in [0.717, 1.165) is 12.1 Å². The summed E-state index contributed by atoms with van der Waals surface area (Å²) in [4.78, 5) is 0. The number of anilines is 1. The Morgan fingerprint density at radius 1 is 1.11 bits per heavy atom. The van der Waals surface area contributed by atoms with Crippen LogP contribution in [0.4, 0.5) is 5.69 Å². The summed E-state index contributed by atoms with van der Waals surface area (Å²) in [5.41, 5.74) is 1.18. The van der Waals surface area contributed by atoms with E-state index in [2.05, 4.69) is 26.1 Å². The molecule has 0 radical (unpaired) electrons. The lowest BCUT2D eigenvalue weighted by atomic mass is 9.91. The van der Waals surface area contributed by atoms with Crippen molar-refractivity contribution in [3.8, 4) is 0 Å². The highest BCUT2D eigenvalue weighted by Gasteiger charge is 2.37. The van der Waals surface area contributed by atoms with E-state index in [1.54, 1.807) is 12.1 Å².